The van der Waals surface area contributed by atoms with E-state index in [1.807, 2.05) is 24.3 Å². The second kappa shape index (κ2) is 6.73. The number of rotatable bonds is 3. The van der Waals surface area contributed by atoms with Crippen molar-refractivity contribution in [3.8, 4) is 28.7 Å². The minimum Gasteiger partial charge on any atom is -0.504 e. The molecule has 0 unspecified atom stereocenters. The lowest BCUT2D eigenvalue weighted by Crippen LogP contribution is -2.57. The van der Waals surface area contributed by atoms with Crippen LogP contribution >= 0.6 is 0 Å². The van der Waals surface area contributed by atoms with Crippen molar-refractivity contribution in [2.24, 2.45) is 5.92 Å². The molecular formula is C23H27NO5. The van der Waals surface area contributed by atoms with Gasteiger partial charge in [-0.25, -0.2) is 0 Å². The summed E-state index contributed by atoms with van der Waals surface area (Å²) in [7, 11) is 1.58. The highest BCUT2D eigenvalue weighted by atomic mass is 16.7. The Labute approximate surface area is 170 Å². The van der Waals surface area contributed by atoms with Crippen LogP contribution in [0, 0.1) is 5.92 Å². The summed E-state index contributed by atoms with van der Waals surface area (Å²) in [5.41, 5.74) is 1.35. The van der Waals surface area contributed by atoms with Crippen LogP contribution in [0.4, 0.5) is 0 Å². The zero-order valence-corrected chi connectivity index (χ0v) is 17.1. The van der Waals surface area contributed by atoms with Crippen molar-refractivity contribution in [3.63, 3.8) is 0 Å². The molecule has 2 aromatic carbocycles. The predicted octanol–water partition coefficient (Wildman–Crippen LogP) is 4.10. The van der Waals surface area contributed by atoms with E-state index in [9.17, 15) is 5.11 Å². The quantitative estimate of drug-likeness (QED) is 0.841. The smallest absolute Gasteiger partial charge is 0.231 e. The molecule has 3 atom stereocenters. The summed E-state index contributed by atoms with van der Waals surface area (Å²) in [6.45, 7) is 6.61. The van der Waals surface area contributed by atoms with Crippen molar-refractivity contribution in [3.05, 3.63) is 41.5 Å². The molecule has 154 valence electrons. The Morgan fingerprint density at radius 3 is 2.52 bits per heavy atom. The van der Waals surface area contributed by atoms with Crippen LogP contribution in [0.2, 0.25) is 0 Å². The van der Waals surface area contributed by atoms with E-state index < -0.39 is 5.72 Å². The average Bonchev–Trinajstić information content (AvgIpc) is 3.40. The third-order valence-corrected chi connectivity index (χ3v) is 6.82. The molecule has 29 heavy (non-hydrogen) atoms. The molecule has 0 amide bonds. The number of phenolic OH excluding ortho intramolecular Hbond substituents is 1. The Kier molecular flexibility index (Phi) is 4.28. The van der Waals surface area contributed by atoms with Gasteiger partial charge in [-0.15, -0.1) is 0 Å². The number of fused-ring (bicyclic) bond motifs is 2. The van der Waals surface area contributed by atoms with Crippen LogP contribution in [0.15, 0.2) is 30.3 Å². The average molecular weight is 397 g/mol. The van der Waals surface area contributed by atoms with Gasteiger partial charge in [0.05, 0.1) is 7.11 Å². The lowest BCUT2D eigenvalue weighted by atomic mass is 9.73. The number of benzene rings is 2. The Balaban J connectivity index is 1.70. The molecule has 0 spiro atoms. The molecule has 1 N–H and O–H groups in total. The highest BCUT2D eigenvalue weighted by Crippen LogP contribution is 2.55. The molecule has 0 saturated carbocycles. The van der Waals surface area contributed by atoms with E-state index in [1.165, 1.54) is 12.8 Å². The molecular weight excluding hydrogens is 370 g/mol. The lowest BCUT2D eigenvalue weighted by molar-refractivity contribution is -0.114. The summed E-state index contributed by atoms with van der Waals surface area (Å²) in [6, 6.07) is 9.62. The zero-order chi connectivity index (χ0) is 20.2. The molecule has 5 rings (SSSR count). The molecule has 0 bridgehead atoms. The van der Waals surface area contributed by atoms with Crippen LogP contribution in [0.3, 0.4) is 0 Å². The third-order valence-electron chi connectivity index (χ3n) is 6.82. The van der Waals surface area contributed by atoms with Crippen molar-refractivity contribution in [2.45, 2.75) is 38.3 Å². The minimum atomic E-state index is -0.489. The van der Waals surface area contributed by atoms with Gasteiger partial charge in [0, 0.05) is 42.1 Å². The van der Waals surface area contributed by atoms with Crippen LogP contribution < -0.4 is 18.9 Å². The summed E-state index contributed by atoms with van der Waals surface area (Å²) < 4.78 is 23.3. The van der Waals surface area contributed by atoms with Gasteiger partial charge in [-0.05, 0) is 31.9 Å². The normalized spacial score (nSPS) is 28.1. The first-order valence-electron chi connectivity index (χ1n) is 10.3. The predicted molar refractivity (Wildman–Crippen MR) is 108 cm³/mol. The van der Waals surface area contributed by atoms with Gasteiger partial charge in [0.25, 0.3) is 0 Å². The van der Waals surface area contributed by atoms with Crippen molar-refractivity contribution in [2.75, 3.05) is 27.0 Å². The summed E-state index contributed by atoms with van der Waals surface area (Å²) in [4.78, 5) is 2.43. The minimum absolute atomic E-state index is 0.0750. The molecule has 2 aromatic rings. The Morgan fingerprint density at radius 2 is 1.79 bits per heavy atom. The molecule has 3 aliphatic rings. The van der Waals surface area contributed by atoms with Gasteiger partial charge in [0.2, 0.25) is 6.79 Å². The van der Waals surface area contributed by atoms with Gasteiger partial charge in [-0.1, -0.05) is 19.1 Å². The number of aromatic hydroxyl groups is 1. The van der Waals surface area contributed by atoms with E-state index in [2.05, 4.69) is 18.7 Å². The number of likely N-dealkylation sites (tertiary alicyclic amines) is 1. The number of phenols is 1. The largest absolute Gasteiger partial charge is 0.504 e. The van der Waals surface area contributed by atoms with Crippen LogP contribution in [0.1, 0.15) is 43.7 Å². The van der Waals surface area contributed by atoms with Crippen LogP contribution in [-0.4, -0.2) is 42.7 Å². The zero-order valence-electron chi connectivity index (χ0n) is 17.1. The summed E-state index contributed by atoms with van der Waals surface area (Å²) in [6.07, 6.45) is 2.35. The van der Waals surface area contributed by atoms with Crippen molar-refractivity contribution >= 4 is 0 Å². The lowest BCUT2D eigenvalue weighted by Gasteiger charge is -2.50. The standard InChI is InChI=1S/C23H27NO5/c1-14-21(15-7-6-8-17(26-3)22(15)25)16-11-19-20(28-13-27-19)12-18(16)29-23(14,2)24-9-4-5-10-24/h6-8,11-12,14,21,25H,4-5,9-10,13H2,1-3H3/t14-,21-,23+/m0/s1. The maximum atomic E-state index is 11.0. The van der Waals surface area contributed by atoms with Gasteiger partial charge in [0.1, 0.15) is 5.75 Å². The highest BCUT2D eigenvalue weighted by Gasteiger charge is 2.50. The van der Waals surface area contributed by atoms with Gasteiger partial charge in [0.15, 0.2) is 28.7 Å². The molecule has 3 aliphatic heterocycles. The molecule has 0 radical (unpaired) electrons. The summed E-state index contributed by atoms with van der Waals surface area (Å²) in [5.74, 6) is 2.88. The Hall–Kier alpha value is -2.60. The molecule has 6 heteroatoms. The first-order chi connectivity index (χ1) is 14.0. The first-order valence-corrected chi connectivity index (χ1v) is 10.3. The van der Waals surface area contributed by atoms with Crippen molar-refractivity contribution in [1.82, 2.24) is 4.90 Å². The SMILES string of the molecule is COc1cccc([C@H]2c3cc4c(cc3O[C@@](C)(N3CCCC3)[C@H]2C)OCO4)c1O. The second-order valence-electron chi connectivity index (χ2n) is 8.26. The van der Waals surface area contributed by atoms with Crippen LogP contribution in [-0.2, 0) is 0 Å². The van der Waals surface area contributed by atoms with Gasteiger partial charge >= 0.3 is 0 Å². The van der Waals surface area contributed by atoms with Gasteiger partial charge in [-0.2, -0.15) is 0 Å². The summed E-state index contributed by atoms with van der Waals surface area (Å²) >= 11 is 0. The molecule has 1 fully saturated rings. The Morgan fingerprint density at radius 1 is 1.07 bits per heavy atom. The molecule has 0 aromatic heterocycles. The van der Waals surface area contributed by atoms with Crippen LogP contribution in [0.25, 0.3) is 0 Å². The maximum Gasteiger partial charge on any atom is 0.231 e. The van der Waals surface area contributed by atoms with E-state index in [0.29, 0.717) is 11.5 Å². The van der Waals surface area contributed by atoms with E-state index >= 15 is 0 Å². The van der Waals surface area contributed by atoms with Gasteiger partial charge < -0.3 is 24.1 Å². The van der Waals surface area contributed by atoms with Crippen LogP contribution in [0.5, 0.6) is 28.7 Å². The molecule has 0 aliphatic carbocycles. The molecule has 3 heterocycles. The van der Waals surface area contributed by atoms with E-state index in [-0.39, 0.29) is 24.4 Å². The second-order valence-corrected chi connectivity index (χ2v) is 8.26. The number of para-hydroxylation sites is 1. The fraction of sp³-hybridized carbons (Fsp3) is 0.478. The summed E-state index contributed by atoms with van der Waals surface area (Å²) in [5, 5.41) is 11.0. The van der Waals surface area contributed by atoms with E-state index in [4.69, 9.17) is 18.9 Å². The molecule has 6 nitrogen and oxygen atoms in total. The topological polar surface area (TPSA) is 60.4 Å². The maximum absolute atomic E-state index is 11.0. The molecule has 1 saturated heterocycles. The number of hydrogen-bond donors (Lipinski definition) is 1. The van der Waals surface area contributed by atoms with Crippen molar-refractivity contribution < 1.29 is 24.1 Å². The fourth-order valence-corrected chi connectivity index (χ4v) is 5.07. The van der Waals surface area contributed by atoms with Gasteiger partial charge in [-0.3, -0.25) is 4.90 Å². The fourth-order valence-electron chi connectivity index (χ4n) is 5.07. The van der Waals surface area contributed by atoms with E-state index in [0.717, 1.165) is 35.7 Å². The number of nitrogens with zero attached hydrogens (tertiary/aromatic N) is 1. The third kappa shape index (κ3) is 2.73. The number of hydrogen-bond acceptors (Lipinski definition) is 6. The number of methoxy groups -OCH3 is 1. The number of ether oxygens (including phenoxy) is 4. The first kappa shape index (κ1) is 18.4. The monoisotopic (exact) mass is 397 g/mol. The van der Waals surface area contributed by atoms with Crippen molar-refractivity contribution in [1.29, 1.82) is 0 Å². The Bertz CT molecular complexity index is 939. The van der Waals surface area contributed by atoms with E-state index in [1.54, 1.807) is 13.2 Å². The highest BCUT2D eigenvalue weighted by molar-refractivity contribution is 5.59.